The number of carbonyl (C=O) groups is 1. The Kier molecular flexibility index (Phi) is 7.76. The van der Waals surface area contributed by atoms with Crippen molar-refractivity contribution < 1.29 is 19.4 Å². The predicted octanol–water partition coefficient (Wildman–Crippen LogP) is 7.06. The Morgan fingerprint density at radius 2 is 1.36 bits per heavy atom. The van der Waals surface area contributed by atoms with Gasteiger partial charge in [0.1, 0.15) is 17.1 Å². The molecule has 1 N–H and O–H groups in total. The molecule has 0 aromatic heterocycles. The Bertz CT molecular complexity index is 1460. The van der Waals surface area contributed by atoms with E-state index in [-0.39, 0.29) is 11.7 Å². The summed E-state index contributed by atoms with van der Waals surface area (Å²) in [5.74, 6) is 0.322. The van der Waals surface area contributed by atoms with E-state index in [1.165, 1.54) is 0 Å². The molecule has 0 saturated heterocycles. The maximum atomic E-state index is 14.1. The van der Waals surface area contributed by atoms with Crippen molar-refractivity contribution in [2.75, 3.05) is 14.2 Å². The van der Waals surface area contributed by atoms with Crippen LogP contribution in [0.4, 0.5) is 0 Å². The molecule has 0 unspecified atom stereocenters. The van der Waals surface area contributed by atoms with Gasteiger partial charge in [-0.15, -0.1) is 0 Å². The molecule has 4 nitrogen and oxygen atoms in total. The molecule has 1 aliphatic carbocycles. The maximum absolute atomic E-state index is 14.1. The van der Waals surface area contributed by atoms with E-state index >= 15 is 0 Å². The van der Waals surface area contributed by atoms with E-state index in [4.69, 9.17) is 9.47 Å². The molecule has 1 aliphatic rings. The molecule has 0 spiro atoms. The van der Waals surface area contributed by atoms with Gasteiger partial charge in [-0.3, -0.25) is 4.79 Å². The zero-order valence-corrected chi connectivity index (χ0v) is 22.2. The Balaban J connectivity index is 1.67. The highest BCUT2D eigenvalue weighted by molar-refractivity contribution is 5.98. The average molecular weight is 517 g/mol. The molecule has 0 amide bonds. The van der Waals surface area contributed by atoms with Crippen molar-refractivity contribution in [2.45, 2.75) is 17.9 Å². The monoisotopic (exact) mass is 516 g/mol. The predicted molar refractivity (Wildman–Crippen MR) is 156 cm³/mol. The van der Waals surface area contributed by atoms with Crippen LogP contribution in [0.2, 0.25) is 0 Å². The third kappa shape index (κ3) is 5.57. The van der Waals surface area contributed by atoms with Crippen molar-refractivity contribution in [1.82, 2.24) is 0 Å². The van der Waals surface area contributed by atoms with Crippen molar-refractivity contribution in [3.63, 3.8) is 0 Å². The third-order valence-electron chi connectivity index (χ3n) is 7.50. The fourth-order valence-electron chi connectivity index (χ4n) is 5.47. The summed E-state index contributed by atoms with van der Waals surface area (Å²) in [5, 5.41) is 12.6. The van der Waals surface area contributed by atoms with Crippen LogP contribution in [0.25, 0.3) is 11.6 Å². The fraction of sp³-hybridized carbons (Fsp3) is 0.171. The second-order valence-corrected chi connectivity index (χ2v) is 9.80. The Labute approximate surface area is 229 Å². The molecule has 0 heterocycles. The Hall–Kier alpha value is -4.41. The van der Waals surface area contributed by atoms with Crippen LogP contribution in [-0.4, -0.2) is 25.1 Å². The van der Waals surface area contributed by atoms with Crippen molar-refractivity contribution in [3.8, 4) is 11.5 Å². The molecule has 39 heavy (non-hydrogen) atoms. The van der Waals surface area contributed by atoms with Gasteiger partial charge in [0.05, 0.1) is 20.1 Å². The van der Waals surface area contributed by atoms with Gasteiger partial charge < -0.3 is 14.6 Å². The molecule has 4 aromatic carbocycles. The molecular weight excluding hydrogens is 484 g/mol. The van der Waals surface area contributed by atoms with E-state index < -0.39 is 11.5 Å². The number of hydrogen-bond donors (Lipinski definition) is 1. The van der Waals surface area contributed by atoms with Gasteiger partial charge in [-0.1, -0.05) is 91.0 Å². The van der Waals surface area contributed by atoms with E-state index in [1.54, 1.807) is 20.3 Å². The highest BCUT2D eigenvalue weighted by Gasteiger charge is 2.48. The lowest BCUT2D eigenvalue weighted by Gasteiger charge is -2.43. The SMILES string of the molecule is COc1ccc(C2=C[C@@](O)(c3ccc(OC)cc3)[C@@H](C(=O)/C=C/c3ccccc3)[C@@H](c3ccccc3)C2)cc1. The van der Waals surface area contributed by atoms with Crippen LogP contribution in [-0.2, 0) is 10.4 Å². The van der Waals surface area contributed by atoms with Crippen molar-refractivity contribution in [3.05, 3.63) is 144 Å². The topological polar surface area (TPSA) is 55.8 Å². The quantitative estimate of drug-likeness (QED) is 0.255. The van der Waals surface area contributed by atoms with Gasteiger partial charge in [-0.2, -0.15) is 0 Å². The second-order valence-electron chi connectivity index (χ2n) is 9.80. The standard InChI is InChI=1S/C35H32O4/c1-38-30-18-14-26(15-19-30)28-23-32(27-11-7-4-8-12-27)34(33(36)22-13-25-9-5-3-6-10-25)35(37,24-28)29-16-20-31(39-2)21-17-29/h3-22,24,32,34,37H,23H2,1-2H3/b22-13+/t32-,34-,35-/m1/s1. The zero-order valence-electron chi connectivity index (χ0n) is 22.2. The Morgan fingerprint density at radius 3 is 1.95 bits per heavy atom. The number of hydrogen-bond acceptors (Lipinski definition) is 4. The number of ketones is 1. The summed E-state index contributed by atoms with van der Waals surface area (Å²) < 4.78 is 10.7. The second kappa shape index (κ2) is 11.5. The van der Waals surface area contributed by atoms with Gasteiger partial charge in [-0.25, -0.2) is 0 Å². The first-order chi connectivity index (χ1) is 19.0. The number of aliphatic hydroxyl groups is 1. The number of carbonyl (C=O) groups excluding carboxylic acids is 1. The molecule has 3 atom stereocenters. The zero-order chi connectivity index (χ0) is 27.2. The number of ether oxygens (including phenoxy) is 2. The number of allylic oxidation sites excluding steroid dienone is 2. The van der Waals surface area contributed by atoms with Crippen LogP contribution in [0.3, 0.4) is 0 Å². The van der Waals surface area contributed by atoms with E-state index in [0.717, 1.165) is 28.0 Å². The van der Waals surface area contributed by atoms with Crippen molar-refractivity contribution in [1.29, 1.82) is 0 Å². The van der Waals surface area contributed by atoms with E-state index in [9.17, 15) is 9.90 Å². The van der Waals surface area contributed by atoms with E-state index in [1.807, 2.05) is 121 Å². The summed E-state index contributed by atoms with van der Waals surface area (Å²) in [6.07, 6.45) is 5.90. The van der Waals surface area contributed by atoms with E-state index in [2.05, 4.69) is 0 Å². The average Bonchev–Trinajstić information content (AvgIpc) is 3.00. The lowest BCUT2D eigenvalue weighted by atomic mass is 9.63. The van der Waals surface area contributed by atoms with Crippen LogP contribution in [0.5, 0.6) is 11.5 Å². The van der Waals surface area contributed by atoms with Crippen molar-refractivity contribution >= 4 is 17.4 Å². The van der Waals surface area contributed by atoms with Crippen molar-refractivity contribution in [2.24, 2.45) is 5.92 Å². The molecule has 4 aromatic rings. The molecule has 0 radical (unpaired) electrons. The highest BCUT2D eigenvalue weighted by Crippen LogP contribution is 2.51. The lowest BCUT2D eigenvalue weighted by Crippen LogP contribution is -2.44. The minimum atomic E-state index is -1.56. The van der Waals surface area contributed by atoms with Crippen LogP contribution in [0, 0.1) is 5.92 Å². The molecule has 5 rings (SSSR count). The smallest absolute Gasteiger partial charge is 0.162 e. The summed E-state index contributed by atoms with van der Waals surface area (Å²) in [6, 6.07) is 34.9. The lowest BCUT2D eigenvalue weighted by molar-refractivity contribution is -0.127. The molecule has 0 bridgehead atoms. The molecule has 0 saturated carbocycles. The maximum Gasteiger partial charge on any atom is 0.162 e. The molecule has 0 aliphatic heterocycles. The summed E-state index contributed by atoms with van der Waals surface area (Å²) in [4.78, 5) is 14.1. The first-order valence-electron chi connectivity index (χ1n) is 13.1. The van der Waals surface area contributed by atoms with Crippen LogP contribution in [0.15, 0.2) is 121 Å². The summed E-state index contributed by atoms with van der Waals surface area (Å²) >= 11 is 0. The third-order valence-corrected chi connectivity index (χ3v) is 7.50. The number of benzene rings is 4. The minimum absolute atomic E-state index is 0.129. The van der Waals surface area contributed by atoms with E-state index in [0.29, 0.717) is 17.7 Å². The first kappa shape index (κ1) is 26.2. The summed E-state index contributed by atoms with van der Waals surface area (Å²) in [6.45, 7) is 0. The van der Waals surface area contributed by atoms with Gasteiger partial charge in [0, 0.05) is 5.92 Å². The van der Waals surface area contributed by atoms with Crippen LogP contribution < -0.4 is 9.47 Å². The fourth-order valence-corrected chi connectivity index (χ4v) is 5.47. The summed E-state index contributed by atoms with van der Waals surface area (Å²) in [5.41, 5.74) is 2.98. The molecule has 4 heteroatoms. The number of methoxy groups -OCH3 is 2. The molecule has 196 valence electrons. The molecular formula is C35H32O4. The van der Waals surface area contributed by atoms with Gasteiger partial charge in [0.2, 0.25) is 0 Å². The highest BCUT2D eigenvalue weighted by atomic mass is 16.5. The minimum Gasteiger partial charge on any atom is -0.497 e. The van der Waals surface area contributed by atoms with Gasteiger partial charge >= 0.3 is 0 Å². The molecule has 0 fully saturated rings. The van der Waals surface area contributed by atoms with Gasteiger partial charge in [0.15, 0.2) is 5.78 Å². The Morgan fingerprint density at radius 1 is 0.795 bits per heavy atom. The van der Waals surface area contributed by atoms with Gasteiger partial charge in [-0.05, 0) is 70.7 Å². The van der Waals surface area contributed by atoms with Crippen LogP contribution in [0.1, 0.15) is 34.6 Å². The largest absolute Gasteiger partial charge is 0.497 e. The normalized spacial score (nSPS) is 20.8. The first-order valence-corrected chi connectivity index (χ1v) is 13.1. The van der Waals surface area contributed by atoms with Gasteiger partial charge in [0.25, 0.3) is 0 Å². The number of rotatable bonds is 8. The summed E-state index contributed by atoms with van der Waals surface area (Å²) in [7, 11) is 3.25. The van der Waals surface area contributed by atoms with Crippen LogP contribution >= 0.6 is 0 Å².